The molecular weight excluding hydrogens is 270 g/mol. The van der Waals surface area contributed by atoms with E-state index in [1.165, 1.54) is 11.8 Å². The molecule has 0 amide bonds. The summed E-state index contributed by atoms with van der Waals surface area (Å²) in [4.78, 5) is 11.1. The molecule has 1 aromatic carbocycles. The molecule has 0 aliphatic heterocycles. The molecule has 0 saturated heterocycles. The number of carboxylic acid groups (broad SMARTS) is 1. The highest BCUT2D eigenvalue weighted by molar-refractivity contribution is 6.31. The number of aromatic nitrogens is 3. The number of hydrogen-bond donors (Lipinski definition) is 1. The maximum absolute atomic E-state index is 11.1. The molecular formula is C12H12ClN3O3. The van der Waals surface area contributed by atoms with E-state index in [-0.39, 0.29) is 12.3 Å². The fraction of sp³-hybridized carbons (Fsp3) is 0.250. The molecule has 0 bridgehead atoms. The summed E-state index contributed by atoms with van der Waals surface area (Å²) < 4.78 is 6.45. The Morgan fingerprint density at radius 3 is 2.89 bits per heavy atom. The number of halogens is 1. The van der Waals surface area contributed by atoms with Crippen molar-refractivity contribution >= 4 is 17.6 Å². The Kier molecular flexibility index (Phi) is 3.82. The average molecular weight is 282 g/mol. The molecule has 0 unspecified atom stereocenters. The Morgan fingerprint density at radius 2 is 2.26 bits per heavy atom. The lowest BCUT2D eigenvalue weighted by Gasteiger charge is -2.10. The summed E-state index contributed by atoms with van der Waals surface area (Å²) in [5.41, 5.74) is 1.73. The van der Waals surface area contributed by atoms with Crippen molar-refractivity contribution in [1.29, 1.82) is 0 Å². The van der Waals surface area contributed by atoms with Crippen molar-refractivity contribution in [1.82, 2.24) is 15.0 Å². The van der Waals surface area contributed by atoms with Gasteiger partial charge in [-0.1, -0.05) is 22.9 Å². The van der Waals surface area contributed by atoms with Gasteiger partial charge in [0.1, 0.15) is 5.69 Å². The van der Waals surface area contributed by atoms with E-state index in [2.05, 4.69) is 10.3 Å². The van der Waals surface area contributed by atoms with E-state index in [9.17, 15) is 4.79 Å². The number of hydrogen-bond acceptors (Lipinski definition) is 4. The molecule has 0 radical (unpaired) electrons. The van der Waals surface area contributed by atoms with Crippen LogP contribution >= 0.6 is 11.6 Å². The zero-order chi connectivity index (χ0) is 14.0. The average Bonchev–Trinajstić information content (AvgIpc) is 2.77. The van der Waals surface area contributed by atoms with E-state index in [4.69, 9.17) is 21.4 Å². The molecule has 0 spiro atoms. The lowest BCUT2D eigenvalue weighted by molar-refractivity contribution is 0.0685. The first-order valence-electron chi connectivity index (χ1n) is 5.48. The van der Waals surface area contributed by atoms with Crippen LogP contribution in [0.15, 0.2) is 18.2 Å². The Labute approximate surface area is 114 Å². The third-order valence-electron chi connectivity index (χ3n) is 2.71. The summed E-state index contributed by atoms with van der Waals surface area (Å²) in [6.45, 7) is 1.93. The van der Waals surface area contributed by atoms with Crippen LogP contribution in [-0.4, -0.2) is 33.2 Å². The number of carbonyl (C=O) groups is 1. The Morgan fingerprint density at radius 1 is 1.53 bits per heavy atom. The zero-order valence-corrected chi connectivity index (χ0v) is 11.2. The highest BCUT2D eigenvalue weighted by atomic mass is 35.5. The summed E-state index contributed by atoms with van der Waals surface area (Å²) in [5.74, 6) is -1.14. The molecule has 6 nitrogen and oxygen atoms in total. The van der Waals surface area contributed by atoms with Gasteiger partial charge in [-0.2, -0.15) is 0 Å². The molecule has 7 heteroatoms. The highest BCUT2D eigenvalue weighted by Gasteiger charge is 2.20. The van der Waals surface area contributed by atoms with Crippen LogP contribution in [0.3, 0.4) is 0 Å². The highest BCUT2D eigenvalue weighted by Crippen LogP contribution is 2.23. The molecule has 0 aliphatic carbocycles. The normalized spacial score (nSPS) is 10.7. The van der Waals surface area contributed by atoms with Crippen molar-refractivity contribution in [2.45, 2.75) is 13.5 Å². The molecule has 0 aliphatic rings. The van der Waals surface area contributed by atoms with Crippen molar-refractivity contribution < 1.29 is 14.6 Å². The second-order valence-electron chi connectivity index (χ2n) is 3.92. The van der Waals surface area contributed by atoms with E-state index in [1.807, 2.05) is 6.92 Å². The number of nitrogens with zero attached hydrogens (tertiary/aromatic N) is 3. The lowest BCUT2D eigenvalue weighted by Crippen LogP contribution is -2.09. The predicted molar refractivity (Wildman–Crippen MR) is 68.8 cm³/mol. The van der Waals surface area contributed by atoms with Crippen LogP contribution in [0.25, 0.3) is 5.69 Å². The van der Waals surface area contributed by atoms with E-state index in [1.54, 1.807) is 18.2 Å². The first kappa shape index (κ1) is 13.5. The number of ether oxygens (including phenoxy) is 1. The van der Waals surface area contributed by atoms with E-state index in [0.717, 1.165) is 5.56 Å². The van der Waals surface area contributed by atoms with Gasteiger partial charge in [-0.15, -0.1) is 5.10 Å². The minimum atomic E-state index is -1.14. The van der Waals surface area contributed by atoms with E-state index in [0.29, 0.717) is 16.4 Å². The summed E-state index contributed by atoms with van der Waals surface area (Å²) in [5, 5.41) is 17.2. The molecule has 19 heavy (non-hydrogen) atoms. The molecule has 100 valence electrons. The van der Waals surface area contributed by atoms with Crippen molar-refractivity contribution in [3.05, 3.63) is 40.2 Å². The first-order chi connectivity index (χ1) is 9.06. The second-order valence-corrected chi connectivity index (χ2v) is 4.33. The number of rotatable bonds is 4. The minimum absolute atomic E-state index is 0.0978. The minimum Gasteiger partial charge on any atom is -0.476 e. The van der Waals surface area contributed by atoms with Crippen molar-refractivity contribution in [2.75, 3.05) is 7.11 Å². The molecule has 1 heterocycles. The lowest BCUT2D eigenvalue weighted by atomic mass is 10.2. The van der Waals surface area contributed by atoms with Crippen LogP contribution in [0, 0.1) is 6.92 Å². The smallest absolute Gasteiger partial charge is 0.358 e. The van der Waals surface area contributed by atoms with Crippen LogP contribution in [0.5, 0.6) is 0 Å². The number of methoxy groups -OCH3 is 1. The van der Waals surface area contributed by atoms with E-state index < -0.39 is 5.97 Å². The molecule has 2 aromatic rings. The van der Waals surface area contributed by atoms with Crippen LogP contribution in [0.2, 0.25) is 5.02 Å². The molecule has 1 aromatic heterocycles. The standard InChI is InChI=1S/C12H12ClN3O3/c1-7-8(13)4-3-5-9(7)16-10(6-19-2)11(12(17)18)14-15-16/h3-5H,6H2,1-2H3,(H,17,18). The summed E-state index contributed by atoms with van der Waals surface area (Å²) in [7, 11) is 1.48. The fourth-order valence-corrected chi connectivity index (χ4v) is 1.92. The number of carboxylic acids is 1. The monoisotopic (exact) mass is 281 g/mol. The van der Waals surface area contributed by atoms with Gasteiger partial charge < -0.3 is 9.84 Å². The molecule has 0 fully saturated rings. The van der Waals surface area contributed by atoms with Gasteiger partial charge in [-0.05, 0) is 24.6 Å². The summed E-state index contributed by atoms with van der Waals surface area (Å²) >= 11 is 6.05. The Hall–Kier alpha value is -1.92. The SMILES string of the molecule is COCc1c(C(=O)O)nnn1-c1cccc(Cl)c1C. The zero-order valence-electron chi connectivity index (χ0n) is 10.4. The van der Waals surface area contributed by atoms with Crippen LogP contribution < -0.4 is 0 Å². The Balaban J connectivity index is 2.62. The Bertz CT molecular complexity index is 625. The second kappa shape index (κ2) is 5.38. The summed E-state index contributed by atoms with van der Waals surface area (Å²) in [6.07, 6.45) is 0. The maximum Gasteiger partial charge on any atom is 0.358 e. The fourth-order valence-electron chi connectivity index (χ4n) is 1.75. The van der Waals surface area contributed by atoms with E-state index >= 15 is 0 Å². The number of benzene rings is 1. The maximum atomic E-state index is 11.1. The van der Waals surface area contributed by atoms with Gasteiger partial charge in [0.05, 0.1) is 12.3 Å². The quantitative estimate of drug-likeness (QED) is 0.928. The van der Waals surface area contributed by atoms with Gasteiger partial charge in [0, 0.05) is 12.1 Å². The predicted octanol–water partition coefficient (Wildman–Crippen LogP) is 2.07. The largest absolute Gasteiger partial charge is 0.476 e. The van der Waals surface area contributed by atoms with Crippen molar-refractivity contribution in [3.8, 4) is 5.69 Å². The molecule has 1 N–H and O–H groups in total. The van der Waals surface area contributed by atoms with Gasteiger partial charge in [0.25, 0.3) is 0 Å². The van der Waals surface area contributed by atoms with Crippen molar-refractivity contribution in [3.63, 3.8) is 0 Å². The van der Waals surface area contributed by atoms with Gasteiger partial charge in [0.2, 0.25) is 0 Å². The molecule has 0 atom stereocenters. The third-order valence-corrected chi connectivity index (χ3v) is 3.12. The topological polar surface area (TPSA) is 77.2 Å². The van der Waals surface area contributed by atoms with Gasteiger partial charge >= 0.3 is 5.97 Å². The summed E-state index contributed by atoms with van der Waals surface area (Å²) in [6, 6.07) is 5.31. The molecule has 0 saturated carbocycles. The van der Waals surface area contributed by atoms with Gasteiger partial charge in [0.15, 0.2) is 5.69 Å². The number of aromatic carboxylic acids is 1. The van der Waals surface area contributed by atoms with Crippen molar-refractivity contribution in [2.24, 2.45) is 0 Å². The molecule has 2 rings (SSSR count). The van der Waals surface area contributed by atoms with Crippen LogP contribution in [0.1, 0.15) is 21.7 Å². The first-order valence-corrected chi connectivity index (χ1v) is 5.86. The van der Waals surface area contributed by atoms with Crippen LogP contribution in [0.4, 0.5) is 0 Å². The van der Waals surface area contributed by atoms with Gasteiger partial charge in [-0.3, -0.25) is 0 Å². The van der Waals surface area contributed by atoms with Crippen LogP contribution in [-0.2, 0) is 11.3 Å². The van der Waals surface area contributed by atoms with Gasteiger partial charge in [-0.25, -0.2) is 9.48 Å². The third kappa shape index (κ3) is 2.45.